The molecule has 0 saturated heterocycles. The van der Waals surface area contributed by atoms with E-state index in [1.165, 1.54) is 6.92 Å². The fourth-order valence-corrected chi connectivity index (χ4v) is 2.06. The minimum absolute atomic E-state index is 0.0666. The van der Waals surface area contributed by atoms with Crippen LogP contribution in [0.2, 0.25) is 0 Å². The molecule has 0 aromatic carbocycles. The average Bonchev–Trinajstić information content (AvgIpc) is 2.35. The van der Waals surface area contributed by atoms with E-state index in [1.807, 2.05) is 0 Å². The van der Waals surface area contributed by atoms with Crippen molar-refractivity contribution in [1.82, 2.24) is 0 Å². The Hall–Kier alpha value is -1.67. The SMILES string of the molecule is CCOC(=O)/C=C(\C)OS(=O)(=O)C(F)(F)C(F)(F)C(F)(F)C(F)(F)F. The highest BCUT2D eigenvalue weighted by Gasteiger charge is 2.86. The summed E-state index contributed by atoms with van der Waals surface area (Å²) in [4.78, 5) is 10.9. The molecule has 0 aromatic heterocycles. The number of carbonyl (C=O) groups excluding carboxylic acids is 1. The molecule has 0 atom stereocenters. The first kappa shape index (κ1) is 23.3. The Kier molecular flexibility index (Phi) is 6.45. The molecule has 0 amide bonds. The minimum Gasteiger partial charge on any atom is -0.463 e. The van der Waals surface area contributed by atoms with E-state index in [4.69, 9.17) is 0 Å². The first-order valence-corrected chi connectivity index (χ1v) is 7.25. The van der Waals surface area contributed by atoms with Crippen LogP contribution in [-0.2, 0) is 23.8 Å². The van der Waals surface area contributed by atoms with Gasteiger partial charge in [0.1, 0.15) is 5.76 Å². The van der Waals surface area contributed by atoms with Gasteiger partial charge in [0.25, 0.3) is 0 Å². The predicted molar refractivity (Wildman–Crippen MR) is 61.3 cm³/mol. The van der Waals surface area contributed by atoms with Crippen molar-refractivity contribution in [3.05, 3.63) is 11.8 Å². The van der Waals surface area contributed by atoms with Crippen LogP contribution in [0.4, 0.5) is 39.5 Å². The van der Waals surface area contributed by atoms with Crippen LogP contribution in [0, 0.1) is 0 Å². The van der Waals surface area contributed by atoms with E-state index in [0.717, 1.165) is 0 Å². The molecular weight excluding hydrogens is 403 g/mol. The van der Waals surface area contributed by atoms with Gasteiger partial charge in [-0.1, -0.05) is 0 Å². The topological polar surface area (TPSA) is 69.7 Å². The van der Waals surface area contributed by atoms with E-state index in [0.29, 0.717) is 6.92 Å². The Balaban J connectivity index is 5.87. The quantitative estimate of drug-likeness (QED) is 0.211. The van der Waals surface area contributed by atoms with Gasteiger partial charge in [-0.05, 0) is 13.8 Å². The molecule has 0 N–H and O–H groups in total. The maximum atomic E-state index is 13.3. The van der Waals surface area contributed by atoms with Gasteiger partial charge in [-0.15, -0.1) is 0 Å². The number of allylic oxidation sites excluding steroid dienone is 1. The average molecular weight is 412 g/mol. The number of alkyl halides is 9. The summed E-state index contributed by atoms with van der Waals surface area (Å²) < 4.78 is 143. The zero-order valence-corrected chi connectivity index (χ0v) is 13.0. The van der Waals surface area contributed by atoms with Crippen LogP contribution in [0.1, 0.15) is 13.8 Å². The van der Waals surface area contributed by atoms with Crippen molar-refractivity contribution in [2.45, 2.75) is 37.1 Å². The summed E-state index contributed by atoms with van der Waals surface area (Å²) in [6.45, 7) is 1.44. The molecule has 0 fully saturated rings. The maximum absolute atomic E-state index is 13.3. The first-order valence-electron chi connectivity index (χ1n) is 5.84. The number of halogens is 9. The summed E-state index contributed by atoms with van der Waals surface area (Å²) in [5, 5.41) is -7.00. The summed E-state index contributed by atoms with van der Waals surface area (Å²) >= 11 is 0. The fraction of sp³-hybridized carbons (Fsp3) is 0.700. The molecule has 0 aliphatic carbocycles. The molecular formula is C10H9F9O5S. The van der Waals surface area contributed by atoms with E-state index in [1.54, 1.807) is 0 Å². The third kappa shape index (κ3) is 4.30. The lowest BCUT2D eigenvalue weighted by Crippen LogP contribution is -2.63. The highest BCUT2D eigenvalue weighted by Crippen LogP contribution is 2.55. The number of esters is 1. The minimum atomic E-state index is -7.42. The zero-order chi connectivity index (χ0) is 20.5. The molecule has 5 nitrogen and oxygen atoms in total. The molecule has 0 aliphatic rings. The van der Waals surface area contributed by atoms with Gasteiger partial charge >= 0.3 is 39.4 Å². The number of carbonyl (C=O) groups is 1. The maximum Gasteiger partial charge on any atom is 0.460 e. The van der Waals surface area contributed by atoms with E-state index >= 15 is 0 Å². The third-order valence-electron chi connectivity index (χ3n) is 2.28. The van der Waals surface area contributed by atoms with Crippen molar-refractivity contribution in [3.8, 4) is 0 Å². The van der Waals surface area contributed by atoms with Gasteiger partial charge in [0, 0.05) is 0 Å². The van der Waals surface area contributed by atoms with Crippen molar-refractivity contribution in [3.63, 3.8) is 0 Å². The van der Waals surface area contributed by atoms with E-state index in [-0.39, 0.29) is 12.7 Å². The molecule has 148 valence electrons. The Morgan fingerprint density at radius 1 is 0.960 bits per heavy atom. The van der Waals surface area contributed by atoms with Gasteiger partial charge < -0.3 is 8.92 Å². The first-order chi connectivity index (χ1) is 10.8. The zero-order valence-electron chi connectivity index (χ0n) is 12.1. The summed E-state index contributed by atoms with van der Waals surface area (Å²) in [6, 6.07) is 0. The van der Waals surface area contributed by atoms with E-state index in [2.05, 4.69) is 8.92 Å². The normalized spacial score (nSPS) is 15.1. The highest BCUT2D eigenvalue weighted by molar-refractivity contribution is 7.88. The van der Waals surface area contributed by atoms with Crippen molar-refractivity contribution in [1.29, 1.82) is 0 Å². The van der Waals surface area contributed by atoms with Crippen molar-refractivity contribution in [2.75, 3.05) is 6.61 Å². The fourth-order valence-electron chi connectivity index (χ4n) is 1.12. The number of hydrogen-bond donors (Lipinski definition) is 0. The number of ether oxygens (including phenoxy) is 1. The van der Waals surface area contributed by atoms with Crippen LogP contribution in [0.25, 0.3) is 0 Å². The summed E-state index contributed by atoms with van der Waals surface area (Å²) in [5.74, 6) is -17.5. The molecule has 0 radical (unpaired) electrons. The smallest absolute Gasteiger partial charge is 0.460 e. The largest absolute Gasteiger partial charge is 0.463 e. The summed E-state index contributed by atoms with van der Waals surface area (Å²) in [5.41, 5.74) is 0. The monoisotopic (exact) mass is 412 g/mol. The van der Waals surface area contributed by atoms with Crippen molar-refractivity contribution in [2.24, 2.45) is 0 Å². The molecule has 0 unspecified atom stereocenters. The predicted octanol–water partition coefficient (Wildman–Crippen LogP) is 3.23. The standard InChI is InChI=1S/C10H9F9O5S/c1-3-23-6(20)4-5(2)24-25(21,22)10(18,19)8(13,14)7(11,12)9(15,16)17/h4H,3H2,1-2H3/b5-4+. The second-order valence-electron chi connectivity index (χ2n) is 4.21. The molecule has 15 heteroatoms. The summed E-state index contributed by atoms with van der Waals surface area (Å²) in [7, 11) is -7.06. The van der Waals surface area contributed by atoms with Gasteiger partial charge in [0.15, 0.2) is 0 Å². The lowest BCUT2D eigenvalue weighted by atomic mass is 10.1. The van der Waals surface area contributed by atoms with E-state index < -0.39 is 45.1 Å². The van der Waals surface area contributed by atoms with Gasteiger partial charge in [0.05, 0.1) is 12.7 Å². The molecule has 0 spiro atoms. The van der Waals surface area contributed by atoms with Crippen molar-refractivity contribution >= 4 is 16.1 Å². The van der Waals surface area contributed by atoms with Crippen LogP contribution >= 0.6 is 0 Å². The second kappa shape index (κ2) is 6.92. The van der Waals surface area contributed by atoms with Gasteiger partial charge in [0.2, 0.25) is 0 Å². The molecule has 0 aromatic rings. The van der Waals surface area contributed by atoms with Crippen LogP contribution in [-0.4, -0.2) is 44.3 Å². The van der Waals surface area contributed by atoms with Gasteiger partial charge in [-0.3, -0.25) is 0 Å². The lowest BCUT2D eigenvalue weighted by Gasteiger charge is -2.32. The Morgan fingerprint density at radius 3 is 1.76 bits per heavy atom. The Labute approximate surface area is 134 Å². The molecule has 0 rings (SSSR count). The van der Waals surface area contributed by atoms with Gasteiger partial charge in [-0.25, -0.2) is 4.79 Å². The Bertz CT molecular complexity index is 636. The molecule has 0 bridgehead atoms. The molecule has 0 heterocycles. The molecule has 0 aliphatic heterocycles. The molecule has 0 saturated carbocycles. The van der Waals surface area contributed by atoms with Crippen LogP contribution in [0.5, 0.6) is 0 Å². The second-order valence-corrected chi connectivity index (χ2v) is 5.80. The van der Waals surface area contributed by atoms with Crippen molar-refractivity contribution < 1.29 is 61.6 Å². The highest BCUT2D eigenvalue weighted by atomic mass is 32.2. The lowest BCUT2D eigenvalue weighted by molar-refractivity contribution is -0.382. The van der Waals surface area contributed by atoms with Crippen LogP contribution in [0.15, 0.2) is 11.8 Å². The molecule has 25 heavy (non-hydrogen) atoms. The van der Waals surface area contributed by atoms with E-state index in [9.17, 15) is 52.7 Å². The van der Waals surface area contributed by atoms with Gasteiger partial charge in [-0.2, -0.15) is 47.9 Å². The Morgan fingerprint density at radius 2 is 1.40 bits per heavy atom. The number of rotatable bonds is 7. The van der Waals surface area contributed by atoms with Crippen LogP contribution < -0.4 is 0 Å². The van der Waals surface area contributed by atoms with Crippen LogP contribution in [0.3, 0.4) is 0 Å². The summed E-state index contributed by atoms with van der Waals surface area (Å²) in [6.07, 6.45) is -7.12. The number of hydrogen-bond acceptors (Lipinski definition) is 5. The third-order valence-corrected chi connectivity index (χ3v) is 3.65.